The summed E-state index contributed by atoms with van der Waals surface area (Å²) in [5, 5.41) is 0. The Balaban J connectivity index is 2.76. The van der Waals surface area contributed by atoms with Gasteiger partial charge in [0.25, 0.3) is 0 Å². The summed E-state index contributed by atoms with van der Waals surface area (Å²) in [5.41, 5.74) is 0. The maximum Gasteiger partial charge on any atom is 0.243 e. The van der Waals surface area contributed by atoms with E-state index in [9.17, 15) is 17.2 Å². The second-order valence-corrected chi connectivity index (χ2v) is 6.58. The van der Waals surface area contributed by atoms with E-state index < -0.39 is 26.6 Å². The SMILES string of the molecule is CCCCC(CC)CNS(=O)(=O)c1cc(F)ccc1F. The average Bonchev–Trinajstić information content (AvgIpc) is 2.41. The molecule has 1 rings (SSSR count). The van der Waals surface area contributed by atoms with Crippen LogP contribution in [-0.2, 0) is 10.0 Å². The monoisotopic (exact) mass is 305 g/mol. The van der Waals surface area contributed by atoms with Crippen molar-refractivity contribution >= 4 is 10.0 Å². The summed E-state index contributed by atoms with van der Waals surface area (Å²) in [6, 6.07) is 2.41. The molecule has 0 aromatic heterocycles. The number of halogens is 2. The van der Waals surface area contributed by atoms with Gasteiger partial charge in [-0.15, -0.1) is 0 Å². The zero-order valence-electron chi connectivity index (χ0n) is 11.8. The molecule has 0 aliphatic carbocycles. The Labute approximate surface area is 119 Å². The molecular formula is C14H21F2NO2S. The molecule has 0 saturated carbocycles. The van der Waals surface area contributed by atoms with Crippen LogP contribution in [0.1, 0.15) is 39.5 Å². The van der Waals surface area contributed by atoms with E-state index >= 15 is 0 Å². The van der Waals surface area contributed by atoms with E-state index in [-0.39, 0.29) is 12.5 Å². The summed E-state index contributed by atoms with van der Waals surface area (Å²) in [4.78, 5) is -0.636. The fourth-order valence-corrected chi connectivity index (χ4v) is 3.13. The number of sulfonamides is 1. The average molecular weight is 305 g/mol. The van der Waals surface area contributed by atoms with Crippen LogP contribution in [0.3, 0.4) is 0 Å². The normalized spacial score (nSPS) is 13.4. The minimum Gasteiger partial charge on any atom is -0.211 e. The van der Waals surface area contributed by atoms with Gasteiger partial charge in [-0.2, -0.15) is 0 Å². The Morgan fingerprint density at radius 1 is 1.25 bits per heavy atom. The van der Waals surface area contributed by atoms with Gasteiger partial charge < -0.3 is 0 Å². The molecule has 0 saturated heterocycles. The van der Waals surface area contributed by atoms with Crippen molar-refractivity contribution < 1.29 is 17.2 Å². The van der Waals surface area contributed by atoms with Crippen LogP contribution in [0, 0.1) is 17.6 Å². The maximum atomic E-state index is 13.5. The van der Waals surface area contributed by atoms with Crippen LogP contribution >= 0.6 is 0 Å². The van der Waals surface area contributed by atoms with Crippen molar-refractivity contribution in [3.63, 3.8) is 0 Å². The van der Waals surface area contributed by atoms with Gasteiger partial charge in [0.05, 0.1) is 0 Å². The molecule has 0 amide bonds. The van der Waals surface area contributed by atoms with Crippen molar-refractivity contribution in [2.45, 2.75) is 44.4 Å². The molecule has 0 radical (unpaired) electrons. The van der Waals surface area contributed by atoms with Gasteiger partial charge in [0, 0.05) is 6.54 Å². The number of rotatable bonds is 8. The van der Waals surface area contributed by atoms with Crippen LogP contribution in [0.25, 0.3) is 0 Å². The summed E-state index contributed by atoms with van der Waals surface area (Å²) in [6.45, 7) is 4.30. The van der Waals surface area contributed by atoms with Gasteiger partial charge in [0.2, 0.25) is 10.0 Å². The summed E-state index contributed by atoms with van der Waals surface area (Å²) < 4.78 is 52.9. The van der Waals surface area contributed by atoms with E-state index in [0.29, 0.717) is 6.07 Å². The second kappa shape index (κ2) is 7.69. The third-order valence-electron chi connectivity index (χ3n) is 3.29. The summed E-state index contributed by atoms with van der Waals surface area (Å²) in [6.07, 6.45) is 3.83. The van der Waals surface area contributed by atoms with E-state index in [1.807, 2.05) is 6.92 Å². The molecule has 0 aliphatic heterocycles. The van der Waals surface area contributed by atoms with Gasteiger partial charge >= 0.3 is 0 Å². The highest BCUT2D eigenvalue weighted by molar-refractivity contribution is 7.89. The van der Waals surface area contributed by atoms with Crippen LogP contribution < -0.4 is 4.72 Å². The molecule has 1 atom stereocenters. The van der Waals surface area contributed by atoms with E-state index in [1.165, 1.54) is 0 Å². The number of hydrogen-bond donors (Lipinski definition) is 1. The Kier molecular flexibility index (Phi) is 6.55. The Bertz CT molecular complexity index is 532. The highest BCUT2D eigenvalue weighted by Gasteiger charge is 2.20. The highest BCUT2D eigenvalue weighted by Crippen LogP contribution is 2.17. The van der Waals surface area contributed by atoms with Gasteiger partial charge in [-0.1, -0.05) is 33.1 Å². The smallest absolute Gasteiger partial charge is 0.211 e. The van der Waals surface area contributed by atoms with E-state index in [0.717, 1.165) is 37.8 Å². The molecule has 1 unspecified atom stereocenters. The maximum absolute atomic E-state index is 13.5. The van der Waals surface area contributed by atoms with Crippen molar-refractivity contribution in [3.05, 3.63) is 29.8 Å². The van der Waals surface area contributed by atoms with Crippen molar-refractivity contribution in [3.8, 4) is 0 Å². The van der Waals surface area contributed by atoms with Crippen LogP contribution in [0.4, 0.5) is 8.78 Å². The summed E-state index contributed by atoms with van der Waals surface area (Å²) in [5.74, 6) is -1.51. The molecule has 0 bridgehead atoms. The molecule has 0 spiro atoms. The van der Waals surface area contributed by atoms with Crippen molar-refractivity contribution in [1.29, 1.82) is 0 Å². The van der Waals surface area contributed by atoms with Crippen LogP contribution in [-0.4, -0.2) is 15.0 Å². The lowest BCUT2D eigenvalue weighted by Crippen LogP contribution is -2.30. The molecule has 1 aromatic carbocycles. The van der Waals surface area contributed by atoms with Crippen LogP contribution in [0.15, 0.2) is 23.1 Å². The predicted molar refractivity (Wildman–Crippen MR) is 74.9 cm³/mol. The Morgan fingerprint density at radius 3 is 2.55 bits per heavy atom. The Morgan fingerprint density at radius 2 is 1.95 bits per heavy atom. The summed E-state index contributed by atoms with van der Waals surface area (Å²) >= 11 is 0. The number of unbranched alkanes of at least 4 members (excludes halogenated alkanes) is 1. The number of benzene rings is 1. The van der Waals surface area contributed by atoms with Gasteiger partial charge in [0.1, 0.15) is 16.5 Å². The van der Waals surface area contributed by atoms with Gasteiger partial charge in [-0.05, 0) is 30.5 Å². The molecule has 20 heavy (non-hydrogen) atoms. The zero-order valence-corrected chi connectivity index (χ0v) is 12.6. The standard InChI is InChI=1S/C14H21F2NO2S/c1-3-5-6-11(4-2)10-17-20(18,19)14-9-12(15)7-8-13(14)16/h7-9,11,17H,3-6,10H2,1-2H3. The van der Waals surface area contributed by atoms with Crippen LogP contribution in [0.2, 0.25) is 0 Å². The zero-order chi connectivity index (χ0) is 15.2. The van der Waals surface area contributed by atoms with Gasteiger partial charge in [-0.25, -0.2) is 21.9 Å². The fourth-order valence-electron chi connectivity index (χ4n) is 1.93. The first-order valence-electron chi connectivity index (χ1n) is 6.85. The second-order valence-electron chi connectivity index (χ2n) is 4.84. The Hall–Kier alpha value is -1.01. The van der Waals surface area contributed by atoms with Crippen molar-refractivity contribution in [1.82, 2.24) is 4.72 Å². The molecule has 1 N–H and O–H groups in total. The lowest BCUT2D eigenvalue weighted by Gasteiger charge is -2.15. The topological polar surface area (TPSA) is 46.2 Å². The quantitative estimate of drug-likeness (QED) is 0.799. The summed E-state index contributed by atoms with van der Waals surface area (Å²) in [7, 11) is -4.01. The third kappa shape index (κ3) is 4.83. The van der Waals surface area contributed by atoms with E-state index in [4.69, 9.17) is 0 Å². The van der Waals surface area contributed by atoms with E-state index in [1.54, 1.807) is 0 Å². The molecular weight excluding hydrogens is 284 g/mol. The van der Waals surface area contributed by atoms with Gasteiger partial charge in [-0.3, -0.25) is 0 Å². The first-order chi connectivity index (χ1) is 9.40. The van der Waals surface area contributed by atoms with Crippen molar-refractivity contribution in [2.75, 3.05) is 6.54 Å². The van der Waals surface area contributed by atoms with Crippen LogP contribution in [0.5, 0.6) is 0 Å². The minimum absolute atomic E-state index is 0.210. The molecule has 1 aromatic rings. The first kappa shape index (κ1) is 17.0. The highest BCUT2D eigenvalue weighted by atomic mass is 32.2. The van der Waals surface area contributed by atoms with E-state index in [2.05, 4.69) is 11.6 Å². The lowest BCUT2D eigenvalue weighted by atomic mass is 10.00. The molecule has 0 fully saturated rings. The minimum atomic E-state index is -4.01. The number of nitrogens with one attached hydrogen (secondary N) is 1. The largest absolute Gasteiger partial charge is 0.243 e. The molecule has 114 valence electrons. The molecule has 3 nitrogen and oxygen atoms in total. The molecule has 0 aliphatic rings. The first-order valence-corrected chi connectivity index (χ1v) is 8.33. The number of hydrogen-bond acceptors (Lipinski definition) is 2. The fraction of sp³-hybridized carbons (Fsp3) is 0.571. The third-order valence-corrected chi connectivity index (χ3v) is 4.73. The molecule has 0 heterocycles. The lowest BCUT2D eigenvalue weighted by molar-refractivity contribution is 0.442. The van der Waals surface area contributed by atoms with Gasteiger partial charge in [0.15, 0.2) is 0 Å². The van der Waals surface area contributed by atoms with Crippen molar-refractivity contribution in [2.24, 2.45) is 5.92 Å². The predicted octanol–water partition coefficient (Wildman–Crippen LogP) is 3.46. The molecule has 6 heteroatoms.